The molecule has 2 nitrogen and oxygen atoms in total. The Morgan fingerprint density at radius 3 is 1.93 bits per heavy atom. The van der Waals surface area contributed by atoms with Crippen molar-refractivity contribution in [3.8, 4) is 0 Å². The molecule has 0 radical (unpaired) electrons. The number of hydrogen-bond donors (Lipinski definition) is 0. The topological polar surface area (TPSA) is 26.3 Å². The highest BCUT2D eigenvalue weighted by atomic mass is 31.2. The van der Waals surface area contributed by atoms with Crippen molar-refractivity contribution in [2.24, 2.45) is 11.8 Å². The average molecular weight is 232 g/mol. The molecule has 90 valence electrons. The van der Waals surface area contributed by atoms with Gasteiger partial charge in [0.25, 0.3) is 0 Å². The second kappa shape index (κ2) is 3.60. The maximum atomic E-state index is 12.9. The van der Waals surface area contributed by atoms with E-state index >= 15 is 0 Å². The molecule has 15 heavy (non-hydrogen) atoms. The molecule has 0 aromatic rings. The fraction of sp³-hybridized carbons (Fsp3) is 1.00. The van der Waals surface area contributed by atoms with Gasteiger partial charge in [0.1, 0.15) is 0 Å². The van der Waals surface area contributed by atoms with Crippen molar-refractivity contribution in [3.63, 3.8) is 0 Å². The van der Waals surface area contributed by atoms with Crippen molar-refractivity contribution in [2.45, 2.75) is 58.8 Å². The van der Waals surface area contributed by atoms with Crippen LogP contribution in [0.2, 0.25) is 0 Å². The van der Waals surface area contributed by atoms with Crippen LogP contribution < -0.4 is 0 Å². The summed E-state index contributed by atoms with van der Waals surface area (Å²) in [5.41, 5.74) is 0. The van der Waals surface area contributed by atoms with Gasteiger partial charge in [-0.05, 0) is 11.8 Å². The molecule has 1 aliphatic rings. The molecule has 3 heteroatoms. The van der Waals surface area contributed by atoms with E-state index in [2.05, 4.69) is 48.5 Å². The number of rotatable bonds is 3. The summed E-state index contributed by atoms with van der Waals surface area (Å²) in [6.07, 6.45) is 0. The van der Waals surface area contributed by atoms with Crippen molar-refractivity contribution in [1.82, 2.24) is 0 Å². The maximum Gasteiger partial charge on any atom is 0.214 e. The van der Waals surface area contributed by atoms with Gasteiger partial charge in [0.2, 0.25) is 7.37 Å². The fourth-order valence-corrected chi connectivity index (χ4v) is 6.76. The van der Waals surface area contributed by atoms with E-state index in [0.29, 0.717) is 18.4 Å². The highest BCUT2D eigenvalue weighted by Gasteiger charge is 2.69. The largest absolute Gasteiger partial charge is 0.327 e. The Morgan fingerprint density at radius 2 is 1.60 bits per heavy atom. The van der Waals surface area contributed by atoms with Gasteiger partial charge in [0.05, 0.1) is 6.61 Å². The molecule has 1 aliphatic heterocycles. The lowest BCUT2D eigenvalue weighted by Gasteiger charge is -2.61. The van der Waals surface area contributed by atoms with Crippen LogP contribution in [0.3, 0.4) is 0 Å². The van der Waals surface area contributed by atoms with E-state index in [4.69, 9.17) is 4.52 Å². The molecule has 0 amide bonds. The molecule has 1 fully saturated rings. The summed E-state index contributed by atoms with van der Waals surface area (Å²) in [5.74, 6) is 0.890. The van der Waals surface area contributed by atoms with Crippen LogP contribution in [0, 0.1) is 11.8 Å². The summed E-state index contributed by atoms with van der Waals surface area (Å²) in [6.45, 7) is 15.3. The molecule has 0 aliphatic carbocycles. The van der Waals surface area contributed by atoms with Crippen molar-refractivity contribution in [3.05, 3.63) is 0 Å². The predicted molar refractivity (Wildman–Crippen MR) is 65.7 cm³/mol. The zero-order valence-electron chi connectivity index (χ0n) is 11.1. The minimum absolute atomic E-state index is 0.161. The monoisotopic (exact) mass is 232 g/mol. The molecule has 0 saturated carbocycles. The van der Waals surface area contributed by atoms with E-state index < -0.39 is 7.37 Å². The van der Waals surface area contributed by atoms with Crippen molar-refractivity contribution in [1.29, 1.82) is 0 Å². The van der Waals surface area contributed by atoms with E-state index in [9.17, 15) is 4.57 Å². The third-order valence-electron chi connectivity index (χ3n) is 4.23. The molecule has 0 atom stereocenters. The van der Waals surface area contributed by atoms with Crippen LogP contribution >= 0.6 is 7.37 Å². The highest BCUT2D eigenvalue weighted by molar-refractivity contribution is 7.64. The Bertz CT molecular complexity index is 272. The standard InChI is InChI=1S/C12H25O2P/c1-9(2)8-14-15(13)11(4,5)10(3)12(15,6)7/h9-10H,8H2,1-7H3. The van der Waals surface area contributed by atoms with Crippen LogP contribution in [0.5, 0.6) is 0 Å². The highest BCUT2D eigenvalue weighted by Crippen LogP contribution is 2.82. The minimum Gasteiger partial charge on any atom is -0.327 e. The first kappa shape index (κ1) is 13.3. The van der Waals surface area contributed by atoms with Gasteiger partial charge in [-0.25, -0.2) is 0 Å². The van der Waals surface area contributed by atoms with Crippen LogP contribution in [0.25, 0.3) is 0 Å². The molecule has 0 bridgehead atoms. The lowest BCUT2D eigenvalue weighted by Crippen LogP contribution is -2.58. The zero-order valence-corrected chi connectivity index (χ0v) is 12.0. The van der Waals surface area contributed by atoms with Crippen LogP contribution in [-0.2, 0) is 9.09 Å². The van der Waals surface area contributed by atoms with E-state index in [0.717, 1.165) is 0 Å². The SMILES string of the molecule is CC(C)COP1(=O)C(C)(C)C(C)C1(C)C. The zero-order chi connectivity index (χ0) is 12.1. The van der Waals surface area contributed by atoms with Crippen molar-refractivity contribution in [2.75, 3.05) is 6.61 Å². The molecule has 0 spiro atoms. The van der Waals surface area contributed by atoms with Crippen LogP contribution in [-0.4, -0.2) is 16.9 Å². The smallest absolute Gasteiger partial charge is 0.214 e. The van der Waals surface area contributed by atoms with Crippen molar-refractivity contribution >= 4 is 7.37 Å². The van der Waals surface area contributed by atoms with Gasteiger partial charge < -0.3 is 4.52 Å². The normalized spacial score (nSPS) is 37.7. The van der Waals surface area contributed by atoms with Gasteiger partial charge >= 0.3 is 0 Å². The fourth-order valence-electron chi connectivity index (χ4n) is 2.64. The summed E-state index contributed by atoms with van der Waals surface area (Å²) in [4.78, 5) is 0. The van der Waals surface area contributed by atoms with Crippen LogP contribution in [0.15, 0.2) is 0 Å². The predicted octanol–water partition coefficient (Wildman–Crippen LogP) is 4.14. The first-order valence-corrected chi connectivity index (χ1v) is 7.44. The van der Waals surface area contributed by atoms with E-state index in [1.54, 1.807) is 0 Å². The maximum absolute atomic E-state index is 12.9. The molecule has 1 heterocycles. The Labute approximate surface area is 94.2 Å². The van der Waals surface area contributed by atoms with E-state index in [1.165, 1.54) is 0 Å². The second-order valence-electron chi connectivity index (χ2n) is 6.27. The summed E-state index contributed by atoms with van der Waals surface area (Å²) in [7, 11) is -2.51. The van der Waals surface area contributed by atoms with Gasteiger partial charge in [-0.2, -0.15) is 0 Å². The van der Waals surface area contributed by atoms with Gasteiger partial charge in [-0.3, -0.25) is 4.57 Å². The summed E-state index contributed by atoms with van der Waals surface area (Å²) >= 11 is 0. The first-order chi connectivity index (χ1) is 6.57. The quantitative estimate of drug-likeness (QED) is 0.683. The lowest BCUT2D eigenvalue weighted by atomic mass is 9.83. The molecule has 0 N–H and O–H groups in total. The Balaban J connectivity index is 2.87. The molecule has 1 rings (SSSR count). The summed E-state index contributed by atoms with van der Waals surface area (Å²) in [5, 5.41) is -0.323. The Morgan fingerprint density at radius 1 is 1.20 bits per heavy atom. The van der Waals surface area contributed by atoms with E-state index in [-0.39, 0.29) is 10.3 Å². The van der Waals surface area contributed by atoms with Gasteiger partial charge in [0.15, 0.2) is 0 Å². The van der Waals surface area contributed by atoms with Gasteiger partial charge in [-0.1, -0.05) is 48.5 Å². The van der Waals surface area contributed by atoms with Crippen molar-refractivity contribution < 1.29 is 9.09 Å². The second-order valence-corrected chi connectivity index (χ2v) is 9.94. The third-order valence-corrected chi connectivity index (χ3v) is 8.55. The summed E-state index contributed by atoms with van der Waals surface area (Å²) in [6, 6.07) is 0. The molecular weight excluding hydrogens is 207 g/mol. The average Bonchev–Trinajstić information content (AvgIpc) is 2.11. The van der Waals surface area contributed by atoms with E-state index in [1.807, 2.05) is 0 Å². The van der Waals surface area contributed by atoms with Gasteiger partial charge in [0, 0.05) is 10.3 Å². The third kappa shape index (κ3) is 1.61. The van der Waals surface area contributed by atoms with Gasteiger partial charge in [-0.15, -0.1) is 0 Å². The molecular formula is C12H25O2P. The summed E-state index contributed by atoms with van der Waals surface area (Å²) < 4.78 is 18.7. The molecule has 0 unspecified atom stereocenters. The van der Waals surface area contributed by atoms with Crippen LogP contribution in [0.4, 0.5) is 0 Å². The Hall–Kier alpha value is 0.190. The molecule has 0 aromatic carbocycles. The first-order valence-electron chi connectivity index (χ1n) is 5.82. The number of hydrogen-bond acceptors (Lipinski definition) is 2. The molecule has 1 saturated heterocycles. The minimum atomic E-state index is -2.51. The lowest BCUT2D eigenvalue weighted by molar-refractivity contribution is 0.167. The Kier molecular flexibility index (Phi) is 3.18. The van der Waals surface area contributed by atoms with Crippen LogP contribution in [0.1, 0.15) is 48.5 Å². The molecule has 0 aromatic heterocycles.